The molecule has 0 aromatic heterocycles. The average molecular weight is 574 g/mol. The third-order valence-corrected chi connectivity index (χ3v) is 8.04. The van der Waals surface area contributed by atoms with E-state index < -0.39 is 40.3 Å². The van der Waals surface area contributed by atoms with Crippen molar-refractivity contribution in [2.24, 2.45) is 0 Å². The topological polar surface area (TPSA) is 86.8 Å². The minimum atomic E-state index is -4.70. The van der Waals surface area contributed by atoms with Crippen LogP contribution in [0, 0.1) is 0 Å². The highest BCUT2D eigenvalue weighted by molar-refractivity contribution is 7.92. The standard InChI is InChI=1S/C26H31ClF3N3O4S/c1-3-23(25(35)31-20-11-5-6-12-20)32(16-18-9-4-7-14-22(18)27)24(34)17-33(38(2,36)37)21-13-8-10-19(15-21)26(28,29)30/h4,7-10,13-15,20,23H,3,5-6,11-12,16-17H2,1-2H3,(H,31,35). The van der Waals surface area contributed by atoms with E-state index in [1.807, 2.05) is 0 Å². The zero-order chi connectivity index (χ0) is 28.1. The van der Waals surface area contributed by atoms with E-state index in [0.29, 0.717) is 21.0 Å². The Bertz CT molecular complexity index is 1250. The molecular formula is C26H31ClF3N3O4S. The molecule has 1 unspecified atom stereocenters. The first-order chi connectivity index (χ1) is 17.8. The zero-order valence-electron chi connectivity index (χ0n) is 21.2. The molecule has 3 rings (SSSR count). The molecule has 7 nitrogen and oxygen atoms in total. The number of benzene rings is 2. The lowest BCUT2D eigenvalue weighted by atomic mass is 10.1. The molecule has 1 saturated carbocycles. The first-order valence-electron chi connectivity index (χ1n) is 12.3. The highest BCUT2D eigenvalue weighted by Gasteiger charge is 2.35. The molecule has 0 radical (unpaired) electrons. The SMILES string of the molecule is CCC(C(=O)NC1CCCC1)N(Cc1ccccc1Cl)C(=O)CN(c1cccc(C(F)(F)F)c1)S(C)(=O)=O. The van der Waals surface area contributed by atoms with Crippen molar-refractivity contribution in [3.05, 3.63) is 64.7 Å². The number of alkyl halides is 3. The second-order valence-corrected chi connectivity index (χ2v) is 11.7. The Morgan fingerprint density at radius 3 is 2.34 bits per heavy atom. The Labute approximate surface area is 226 Å². The predicted molar refractivity (Wildman–Crippen MR) is 140 cm³/mol. The predicted octanol–water partition coefficient (Wildman–Crippen LogP) is 4.99. The summed E-state index contributed by atoms with van der Waals surface area (Å²) in [6.07, 6.45) is -0.0180. The van der Waals surface area contributed by atoms with E-state index in [1.54, 1.807) is 31.2 Å². The monoisotopic (exact) mass is 573 g/mol. The van der Waals surface area contributed by atoms with Gasteiger partial charge in [0.15, 0.2) is 0 Å². The number of amides is 2. The average Bonchev–Trinajstić information content (AvgIpc) is 3.35. The minimum Gasteiger partial charge on any atom is -0.352 e. The Hall–Kier alpha value is -2.79. The zero-order valence-corrected chi connectivity index (χ0v) is 22.7. The number of hydrogen-bond donors (Lipinski definition) is 1. The number of anilines is 1. The summed E-state index contributed by atoms with van der Waals surface area (Å²) in [5.74, 6) is -1.12. The largest absolute Gasteiger partial charge is 0.416 e. The number of carbonyl (C=O) groups excluding carboxylic acids is 2. The summed E-state index contributed by atoms with van der Waals surface area (Å²) < 4.78 is 65.8. The van der Waals surface area contributed by atoms with Crippen LogP contribution in [0.1, 0.15) is 50.2 Å². The van der Waals surface area contributed by atoms with E-state index in [1.165, 1.54) is 11.0 Å². The molecule has 1 aliphatic carbocycles. The fraction of sp³-hybridized carbons (Fsp3) is 0.462. The normalized spacial score (nSPS) is 15.2. The summed E-state index contributed by atoms with van der Waals surface area (Å²) in [4.78, 5) is 28.2. The smallest absolute Gasteiger partial charge is 0.352 e. The maximum Gasteiger partial charge on any atom is 0.416 e. The number of rotatable bonds is 10. The van der Waals surface area contributed by atoms with Crippen molar-refractivity contribution >= 4 is 39.1 Å². The molecule has 208 valence electrons. The molecule has 1 aliphatic rings. The molecular weight excluding hydrogens is 543 g/mol. The van der Waals surface area contributed by atoms with Gasteiger partial charge in [-0.05, 0) is 49.1 Å². The van der Waals surface area contributed by atoms with Crippen LogP contribution in [0.2, 0.25) is 5.02 Å². The highest BCUT2D eigenvalue weighted by Crippen LogP contribution is 2.32. The summed E-state index contributed by atoms with van der Waals surface area (Å²) in [5, 5.41) is 3.34. The van der Waals surface area contributed by atoms with E-state index in [9.17, 15) is 31.2 Å². The van der Waals surface area contributed by atoms with Gasteiger partial charge in [-0.2, -0.15) is 13.2 Å². The lowest BCUT2D eigenvalue weighted by Gasteiger charge is -2.33. The summed E-state index contributed by atoms with van der Waals surface area (Å²) >= 11 is 6.32. The van der Waals surface area contributed by atoms with Crippen molar-refractivity contribution in [3.63, 3.8) is 0 Å². The van der Waals surface area contributed by atoms with Crippen LogP contribution in [0.15, 0.2) is 48.5 Å². The van der Waals surface area contributed by atoms with Gasteiger partial charge in [0.1, 0.15) is 12.6 Å². The Morgan fingerprint density at radius 2 is 1.76 bits per heavy atom. The van der Waals surface area contributed by atoms with Crippen LogP contribution < -0.4 is 9.62 Å². The minimum absolute atomic E-state index is 0.00792. The van der Waals surface area contributed by atoms with Crippen molar-refractivity contribution in [2.75, 3.05) is 17.1 Å². The number of hydrogen-bond acceptors (Lipinski definition) is 4. The van der Waals surface area contributed by atoms with Crippen molar-refractivity contribution in [1.82, 2.24) is 10.2 Å². The Kier molecular flexibility index (Phi) is 9.69. The van der Waals surface area contributed by atoms with Crippen LogP contribution in [0.4, 0.5) is 18.9 Å². The van der Waals surface area contributed by atoms with Gasteiger partial charge in [-0.25, -0.2) is 8.42 Å². The lowest BCUT2D eigenvalue weighted by molar-refractivity contribution is -0.140. The fourth-order valence-electron chi connectivity index (χ4n) is 4.55. The van der Waals surface area contributed by atoms with Crippen molar-refractivity contribution < 1.29 is 31.2 Å². The van der Waals surface area contributed by atoms with E-state index in [2.05, 4.69) is 5.32 Å². The number of nitrogens with zero attached hydrogens (tertiary/aromatic N) is 2. The molecule has 1 N–H and O–H groups in total. The molecule has 0 heterocycles. The molecule has 0 spiro atoms. The van der Waals surface area contributed by atoms with Crippen LogP contribution in [-0.4, -0.2) is 50.0 Å². The maximum absolute atomic E-state index is 13.7. The molecule has 0 aliphatic heterocycles. The Morgan fingerprint density at radius 1 is 1.11 bits per heavy atom. The third kappa shape index (κ3) is 7.63. The van der Waals surface area contributed by atoms with Crippen LogP contribution in [0.25, 0.3) is 0 Å². The van der Waals surface area contributed by atoms with Crippen LogP contribution in [-0.2, 0) is 32.3 Å². The van der Waals surface area contributed by atoms with Gasteiger partial charge in [0.05, 0.1) is 17.5 Å². The third-order valence-electron chi connectivity index (χ3n) is 6.53. The van der Waals surface area contributed by atoms with Crippen LogP contribution in [0.3, 0.4) is 0 Å². The second kappa shape index (κ2) is 12.4. The van der Waals surface area contributed by atoms with E-state index in [4.69, 9.17) is 11.6 Å². The lowest BCUT2D eigenvalue weighted by Crippen LogP contribution is -2.53. The van der Waals surface area contributed by atoms with E-state index >= 15 is 0 Å². The first-order valence-corrected chi connectivity index (χ1v) is 14.5. The van der Waals surface area contributed by atoms with Gasteiger partial charge in [0.2, 0.25) is 21.8 Å². The fourth-order valence-corrected chi connectivity index (χ4v) is 5.59. The number of sulfonamides is 1. The number of carbonyl (C=O) groups is 2. The quantitative estimate of drug-likeness (QED) is 0.434. The molecule has 1 fully saturated rings. The summed E-state index contributed by atoms with van der Waals surface area (Å²) in [7, 11) is -4.17. The van der Waals surface area contributed by atoms with Crippen molar-refractivity contribution in [3.8, 4) is 0 Å². The van der Waals surface area contributed by atoms with Crippen molar-refractivity contribution in [1.29, 1.82) is 0 Å². The highest BCUT2D eigenvalue weighted by atomic mass is 35.5. The number of halogens is 4. The van der Waals surface area contributed by atoms with Gasteiger partial charge in [0.25, 0.3) is 0 Å². The number of nitrogens with one attached hydrogen (secondary N) is 1. The van der Waals surface area contributed by atoms with E-state index in [-0.39, 0.29) is 30.6 Å². The molecule has 2 aromatic carbocycles. The van der Waals surface area contributed by atoms with Crippen LogP contribution in [0.5, 0.6) is 0 Å². The summed E-state index contributed by atoms with van der Waals surface area (Å²) in [5.41, 5.74) is -0.817. The van der Waals surface area contributed by atoms with Crippen LogP contribution >= 0.6 is 11.6 Å². The van der Waals surface area contributed by atoms with E-state index in [0.717, 1.165) is 44.1 Å². The van der Waals surface area contributed by atoms with Gasteiger partial charge in [0, 0.05) is 17.6 Å². The van der Waals surface area contributed by atoms with Gasteiger partial charge in [-0.3, -0.25) is 13.9 Å². The molecule has 2 aromatic rings. The van der Waals surface area contributed by atoms with Gasteiger partial charge < -0.3 is 10.2 Å². The van der Waals surface area contributed by atoms with Gasteiger partial charge >= 0.3 is 6.18 Å². The molecule has 1 atom stereocenters. The summed E-state index contributed by atoms with van der Waals surface area (Å²) in [6, 6.07) is 9.55. The first kappa shape index (κ1) is 29.8. The molecule has 38 heavy (non-hydrogen) atoms. The molecule has 0 saturated heterocycles. The molecule has 2 amide bonds. The maximum atomic E-state index is 13.7. The molecule has 0 bridgehead atoms. The van der Waals surface area contributed by atoms with Gasteiger partial charge in [-0.15, -0.1) is 0 Å². The summed E-state index contributed by atoms with van der Waals surface area (Å²) in [6.45, 7) is 0.847. The molecule has 12 heteroatoms. The van der Waals surface area contributed by atoms with Gasteiger partial charge in [-0.1, -0.05) is 55.6 Å². The second-order valence-electron chi connectivity index (χ2n) is 9.34. The Balaban J connectivity index is 1.96. The van der Waals surface area contributed by atoms with Crippen molar-refractivity contribution in [2.45, 2.75) is 63.8 Å².